The van der Waals surface area contributed by atoms with Crippen molar-refractivity contribution in [3.05, 3.63) is 23.9 Å². The predicted molar refractivity (Wildman–Crippen MR) is 59.9 cm³/mol. The molecule has 0 saturated carbocycles. The summed E-state index contributed by atoms with van der Waals surface area (Å²) in [5.41, 5.74) is 0.415. The van der Waals surface area contributed by atoms with Crippen molar-refractivity contribution >= 4 is 11.8 Å². The summed E-state index contributed by atoms with van der Waals surface area (Å²) in [6.45, 7) is 0. The molecule has 15 heavy (non-hydrogen) atoms. The molecule has 0 aliphatic carbocycles. The summed E-state index contributed by atoms with van der Waals surface area (Å²) < 4.78 is 5.72. The highest BCUT2D eigenvalue weighted by molar-refractivity contribution is 7.99. The van der Waals surface area contributed by atoms with Crippen molar-refractivity contribution in [2.45, 2.75) is 18.9 Å². The second-order valence-electron chi connectivity index (χ2n) is 3.40. The molecular weight excluding hydrogens is 208 g/mol. The largest absolute Gasteiger partial charge is 0.474 e. The number of thioether (sulfide) groups is 1. The minimum Gasteiger partial charge on any atom is -0.474 e. The van der Waals surface area contributed by atoms with Gasteiger partial charge in [0.05, 0.1) is 0 Å². The number of rotatable bonds is 2. The lowest BCUT2D eigenvalue weighted by molar-refractivity contribution is 0.184. The van der Waals surface area contributed by atoms with Crippen LogP contribution in [-0.4, -0.2) is 22.6 Å². The monoisotopic (exact) mass is 220 g/mol. The Morgan fingerprint density at radius 3 is 2.93 bits per heavy atom. The van der Waals surface area contributed by atoms with Crippen LogP contribution >= 0.6 is 11.8 Å². The van der Waals surface area contributed by atoms with Crippen LogP contribution in [0.4, 0.5) is 0 Å². The van der Waals surface area contributed by atoms with Gasteiger partial charge in [-0.15, -0.1) is 0 Å². The Balaban J connectivity index is 2.00. The number of aromatic nitrogens is 1. The summed E-state index contributed by atoms with van der Waals surface area (Å²) >= 11 is 1.96. The summed E-state index contributed by atoms with van der Waals surface area (Å²) in [5.74, 6) is 2.89. The lowest BCUT2D eigenvalue weighted by Crippen LogP contribution is -2.22. The highest BCUT2D eigenvalue weighted by Gasteiger charge is 2.15. The van der Waals surface area contributed by atoms with E-state index in [2.05, 4.69) is 4.98 Å². The molecule has 1 saturated heterocycles. The zero-order valence-electron chi connectivity index (χ0n) is 8.35. The Bertz CT molecular complexity index is 369. The van der Waals surface area contributed by atoms with Crippen molar-refractivity contribution in [1.29, 1.82) is 5.26 Å². The van der Waals surface area contributed by atoms with Crippen LogP contribution in [0.2, 0.25) is 0 Å². The summed E-state index contributed by atoms with van der Waals surface area (Å²) in [6, 6.07) is 7.31. The van der Waals surface area contributed by atoms with Crippen molar-refractivity contribution in [1.82, 2.24) is 4.98 Å². The molecule has 1 aromatic rings. The summed E-state index contributed by atoms with van der Waals surface area (Å²) in [6.07, 6.45) is 2.42. The van der Waals surface area contributed by atoms with E-state index in [0.717, 1.165) is 24.3 Å². The highest BCUT2D eigenvalue weighted by atomic mass is 32.2. The zero-order valence-corrected chi connectivity index (χ0v) is 9.17. The van der Waals surface area contributed by atoms with Crippen LogP contribution < -0.4 is 4.74 Å². The molecule has 0 aromatic carbocycles. The van der Waals surface area contributed by atoms with Gasteiger partial charge < -0.3 is 4.74 Å². The van der Waals surface area contributed by atoms with Gasteiger partial charge in [0.2, 0.25) is 5.88 Å². The fraction of sp³-hybridized carbons (Fsp3) is 0.455. The Kier molecular flexibility index (Phi) is 3.46. The third kappa shape index (κ3) is 2.87. The van der Waals surface area contributed by atoms with E-state index in [4.69, 9.17) is 10.00 Å². The summed E-state index contributed by atoms with van der Waals surface area (Å²) in [4.78, 5) is 4.10. The quantitative estimate of drug-likeness (QED) is 0.766. The number of hydrogen-bond donors (Lipinski definition) is 0. The molecule has 3 nitrogen and oxygen atoms in total. The van der Waals surface area contributed by atoms with Gasteiger partial charge in [-0.05, 0) is 30.4 Å². The first-order chi connectivity index (χ1) is 7.38. The van der Waals surface area contributed by atoms with Crippen LogP contribution in [0.5, 0.6) is 5.88 Å². The van der Waals surface area contributed by atoms with Crippen molar-refractivity contribution in [3.8, 4) is 11.9 Å². The third-order valence-corrected chi connectivity index (χ3v) is 3.34. The molecule has 2 rings (SSSR count). The average Bonchev–Trinajstić information content (AvgIpc) is 2.31. The molecule has 0 unspecified atom stereocenters. The Morgan fingerprint density at radius 2 is 2.20 bits per heavy atom. The molecule has 2 heterocycles. The highest BCUT2D eigenvalue weighted by Crippen LogP contribution is 2.21. The smallest absolute Gasteiger partial charge is 0.214 e. The van der Waals surface area contributed by atoms with E-state index < -0.39 is 0 Å². The van der Waals surface area contributed by atoms with E-state index in [1.165, 1.54) is 0 Å². The molecule has 1 fully saturated rings. The normalized spacial score (nSPS) is 17.0. The minimum absolute atomic E-state index is 0.271. The molecule has 0 spiro atoms. The lowest BCUT2D eigenvalue weighted by atomic mass is 10.2. The molecule has 0 bridgehead atoms. The van der Waals surface area contributed by atoms with Crippen LogP contribution in [-0.2, 0) is 0 Å². The molecule has 0 N–H and O–H groups in total. The molecule has 0 atom stereocenters. The van der Waals surface area contributed by atoms with E-state index in [-0.39, 0.29) is 6.10 Å². The van der Waals surface area contributed by atoms with Crippen LogP contribution in [0.15, 0.2) is 18.2 Å². The van der Waals surface area contributed by atoms with Crippen molar-refractivity contribution in [3.63, 3.8) is 0 Å². The van der Waals surface area contributed by atoms with Crippen molar-refractivity contribution < 1.29 is 4.74 Å². The molecule has 0 radical (unpaired) electrons. The molecule has 1 aliphatic rings. The Labute approximate surface area is 93.5 Å². The second-order valence-corrected chi connectivity index (χ2v) is 4.63. The first-order valence-corrected chi connectivity index (χ1v) is 6.15. The van der Waals surface area contributed by atoms with Crippen LogP contribution in [0.3, 0.4) is 0 Å². The van der Waals surface area contributed by atoms with Gasteiger partial charge in [-0.2, -0.15) is 17.0 Å². The molecule has 0 amide bonds. The van der Waals surface area contributed by atoms with Gasteiger partial charge >= 0.3 is 0 Å². The first-order valence-electron chi connectivity index (χ1n) is 5.00. The van der Waals surface area contributed by atoms with Crippen LogP contribution in [0, 0.1) is 11.3 Å². The fourth-order valence-corrected chi connectivity index (χ4v) is 2.57. The SMILES string of the molecule is N#Cc1cccc(OC2CCSCC2)n1. The summed E-state index contributed by atoms with van der Waals surface area (Å²) in [5, 5.41) is 8.70. The van der Waals surface area contributed by atoms with Crippen LogP contribution in [0.1, 0.15) is 18.5 Å². The lowest BCUT2D eigenvalue weighted by Gasteiger charge is -2.21. The van der Waals surface area contributed by atoms with Crippen LogP contribution in [0.25, 0.3) is 0 Å². The molecule has 4 heteroatoms. The van der Waals surface area contributed by atoms with Gasteiger partial charge in [0.15, 0.2) is 0 Å². The van der Waals surface area contributed by atoms with E-state index >= 15 is 0 Å². The van der Waals surface area contributed by atoms with Gasteiger partial charge in [0.1, 0.15) is 17.9 Å². The summed E-state index contributed by atoms with van der Waals surface area (Å²) in [7, 11) is 0. The van der Waals surface area contributed by atoms with E-state index in [1.54, 1.807) is 12.1 Å². The number of ether oxygens (including phenoxy) is 1. The van der Waals surface area contributed by atoms with Gasteiger partial charge in [0.25, 0.3) is 0 Å². The van der Waals surface area contributed by atoms with Gasteiger partial charge in [-0.25, -0.2) is 4.98 Å². The number of nitriles is 1. The number of pyridine rings is 1. The van der Waals surface area contributed by atoms with Gasteiger partial charge in [-0.3, -0.25) is 0 Å². The topological polar surface area (TPSA) is 45.9 Å². The Morgan fingerprint density at radius 1 is 1.40 bits per heavy atom. The maximum atomic E-state index is 8.70. The Hall–Kier alpha value is -1.21. The van der Waals surface area contributed by atoms with Gasteiger partial charge in [0, 0.05) is 6.07 Å². The van der Waals surface area contributed by atoms with E-state index in [9.17, 15) is 0 Å². The number of nitrogens with zero attached hydrogens (tertiary/aromatic N) is 2. The average molecular weight is 220 g/mol. The zero-order chi connectivity index (χ0) is 10.5. The van der Waals surface area contributed by atoms with Crippen molar-refractivity contribution in [2.24, 2.45) is 0 Å². The molecule has 78 valence electrons. The maximum Gasteiger partial charge on any atom is 0.214 e. The van der Waals surface area contributed by atoms with E-state index in [0.29, 0.717) is 11.6 Å². The fourth-order valence-electron chi connectivity index (χ4n) is 1.51. The standard InChI is InChI=1S/C11H12N2OS/c12-8-9-2-1-3-11(13-9)14-10-4-6-15-7-5-10/h1-3,10H,4-7H2. The second kappa shape index (κ2) is 5.04. The minimum atomic E-state index is 0.271. The van der Waals surface area contributed by atoms with Gasteiger partial charge in [-0.1, -0.05) is 6.07 Å². The predicted octanol–water partition coefficient (Wildman–Crippen LogP) is 2.23. The first kappa shape index (κ1) is 10.3. The maximum absolute atomic E-state index is 8.70. The molecule has 1 aromatic heterocycles. The third-order valence-electron chi connectivity index (χ3n) is 2.29. The molecular formula is C11H12N2OS. The number of hydrogen-bond acceptors (Lipinski definition) is 4. The van der Waals surface area contributed by atoms with Crippen molar-refractivity contribution in [2.75, 3.05) is 11.5 Å². The molecule has 1 aliphatic heterocycles. The van der Waals surface area contributed by atoms with E-state index in [1.807, 2.05) is 23.9 Å².